The van der Waals surface area contributed by atoms with Gasteiger partial charge in [-0.25, -0.2) is 4.98 Å². The van der Waals surface area contributed by atoms with Crippen LogP contribution in [0.3, 0.4) is 0 Å². The fourth-order valence-electron chi connectivity index (χ4n) is 1.80. The number of furan rings is 1. The lowest BCUT2D eigenvalue weighted by molar-refractivity contribution is 0.562. The van der Waals surface area contributed by atoms with Gasteiger partial charge in [0.25, 0.3) is 0 Å². The molecule has 4 heteroatoms. The lowest BCUT2D eigenvalue weighted by atomic mass is 10.1. The Kier molecular flexibility index (Phi) is 2.57. The topological polar surface area (TPSA) is 38.1 Å². The summed E-state index contributed by atoms with van der Waals surface area (Å²) >= 11 is 1.66. The molecular weight excluding hydrogens is 232 g/mol. The van der Waals surface area contributed by atoms with E-state index in [2.05, 4.69) is 29.4 Å². The van der Waals surface area contributed by atoms with Crippen LogP contribution in [-0.2, 0) is 0 Å². The SMILES string of the molecule is CC(Nc1ccc2ncsc2c1)c1ccoc1. The number of nitrogens with one attached hydrogen (secondary N) is 1. The summed E-state index contributed by atoms with van der Waals surface area (Å²) in [6, 6.07) is 8.43. The van der Waals surface area contributed by atoms with Crippen LogP contribution in [0.5, 0.6) is 0 Å². The Hall–Kier alpha value is -1.81. The number of hydrogen-bond donors (Lipinski definition) is 1. The number of rotatable bonds is 3. The van der Waals surface area contributed by atoms with Crippen LogP contribution in [0.25, 0.3) is 10.2 Å². The summed E-state index contributed by atoms with van der Waals surface area (Å²) in [6.45, 7) is 2.11. The lowest BCUT2D eigenvalue weighted by Gasteiger charge is -2.13. The molecule has 0 saturated carbocycles. The molecule has 17 heavy (non-hydrogen) atoms. The second kappa shape index (κ2) is 4.22. The van der Waals surface area contributed by atoms with Gasteiger partial charge in [-0.3, -0.25) is 0 Å². The van der Waals surface area contributed by atoms with Gasteiger partial charge in [0.05, 0.1) is 34.3 Å². The molecule has 1 N–H and O–H groups in total. The van der Waals surface area contributed by atoms with Gasteiger partial charge in [0.2, 0.25) is 0 Å². The monoisotopic (exact) mass is 244 g/mol. The van der Waals surface area contributed by atoms with Gasteiger partial charge in [-0.15, -0.1) is 11.3 Å². The summed E-state index contributed by atoms with van der Waals surface area (Å²) in [5, 5.41) is 3.45. The van der Waals surface area contributed by atoms with Crippen molar-refractivity contribution in [3.63, 3.8) is 0 Å². The first-order valence-corrected chi connectivity index (χ1v) is 6.33. The van der Waals surface area contributed by atoms with Crippen LogP contribution in [0.4, 0.5) is 5.69 Å². The number of anilines is 1. The highest BCUT2D eigenvalue weighted by Crippen LogP contribution is 2.25. The molecule has 0 spiro atoms. The maximum absolute atomic E-state index is 5.08. The molecule has 2 aromatic heterocycles. The summed E-state index contributed by atoms with van der Waals surface area (Å²) in [7, 11) is 0. The van der Waals surface area contributed by atoms with Crippen molar-refractivity contribution >= 4 is 27.2 Å². The number of aromatic nitrogens is 1. The molecule has 0 aliphatic carbocycles. The third kappa shape index (κ3) is 2.03. The Labute approximate surface area is 103 Å². The Bertz CT molecular complexity index is 615. The van der Waals surface area contributed by atoms with E-state index in [0.717, 1.165) is 16.8 Å². The molecule has 3 rings (SSSR count). The normalized spacial score (nSPS) is 12.8. The zero-order chi connectivity index (χ0) is 11.7. The van der Waals surface area contributed by atoms with Crippen molar-refractivity contribution < 1.29 is 4.42 Å². The molecule has 3 nitrogen and oxygen atoms in total. The van der Waals surface area contributed by atoms with E-state index >= 15 is 0 Å². The maximum atomic E-state index is 5.08. The van der Waals surface area contributed by atoms with E-state index in [4.69, 9.17) is 4.42 Å². The second-order valence-electron chi connectivity index (χ2n) is 3.96. The van der Waals surface area contributed by atoms with E-state index in [9.17, 15) is 0 Å². The Morgan fingerprint density at radius 3 is 3.12 bits per heavy atom. The first-order chi connectivity index (χ1) is 8.33. The van der Waals surface area contributed by atoms with Crippen molar-refractivity contribution in [1.29, 1.82) is 0 Å². The van der Waals surface area contributed by atoms with Gasteiger partial charge < -0.3 is 9.73 Å². The lowest BCUT2D eigenvalue weighted by Crippen LogP contribution is -2.05. The largest absolute Gasteiger partial charge is 0.472 e. The zero-order valence-electron chi connectivity index (χ0n) is 9.38. The number of fused-ring (bicyclic) bond motifs is 1. The van der Waals surface area contributed by atoms with Crippen molar-refractivity contribution in [2.75, 3.05) is 5.32 Å². The van der Waals surface area contributed by atoms with E-state index < -0.39 is 0 Å². The third-order valence-corrected chi connectivity index (χ3v) is 3.55. The van der Waals surface area contributed by atoms with Crippen LogP contribution < -0.4 is 5.32 Å². The fourth-order valence-corrected chi connectivity index (χ4v) is 2.52. The molecule has 0 saturated heterocycles. The quantitative estimate of drug-likeness (QED) is 0.755. The van der Waals surface area contributed by atoms with Crippen molar-refractivity contribution in [3.8, 4) is 0 Å². The van der Waals surface area contributed by atoms with Gasteiger partial charge in [0, 0.05) is 11.3 Å². The van der Waals surface area contributed by atoms with Crippen LogP contribution in [0.2, 0.25) is 0 Å². The first-order valence-electron chi connectivity index (χ1n) is 5.45. The molecule has 86 valence electrons. The molecule has 0 radical (unpaired) electrons. The molecule has 0 bridgehead atoms. The Morgan fingerprint density at radius 2 is 2.29 bits per heavy atom. The molecule has 2 heterocycles. The van der Waals surface area contributed by atoms with Crippen LogP contribution >= 0.6 is 11.3 Å². The highest BCUT2D eigenvalue weighted by Gasteiger charge is 2.07. The minimum Gasteiger partial charge on any atom is -0.472 e. The van der Waals surface area contributed by atoms with E-state index in [1.54, 1.807) is 23.9 Å². The molecule has 0 aliphatic rings. The van der Waals surface area contributed by atoms with Gasteiger partial charge in [-0.2, -0.15) is 0 Å². The molecule has 0 fully saturated rings. The average molecular weight is 244 g/mol. The second-order valence-corrected chi connectivity index (χ2v) is 4.84. The highest BCUT2D eigenvalue weighted by molar-refractivity contribution is 7.16. The van der Waals surface area contributed by atoms with Crippen LogP contribution in [-0.4, -0.2) is 4.98 Å². The van der Waals surface area contributed by atoms with E-state index in [-0.39, 0.29) is 6.04 Å². The van der Waals surface area contributed by atoms with Crippen molar-refractivity contribution in [1.82, 2.24) is 4.98 Å². The molecule has 0 aliphatic heterocycles. The van der Waals surface area contributed by atoms with Crippen molar-refractivity contribution in [2.45, 2.75) is 13.0 Å². The first kappa shape index (κ1) is 10.4. The Balaban J connectivity index is 1.84. The maximum Gasteiger partial charge on any atom is 0.0955 e. The summed E-state index contributed by atoms with van der Waals surface area (Å²) < 4.78 is 6.29. The van der Waals surface area contributed by atoms with Gasteiger partial charge in [-0.1, -0.05) is 0 Å². The van der Waals surface area contributed by atoms with Crippen molar-refractivity contribution in [2.24, 2.45) is 0 Å². The van der Waals surface area contributed by atoms with Gasteiger partial charge in [-0.05, 0) is 31.2 Å². The smallest absolute Gasteiger partial charge is 0.0955 e. The van der Waals surface area contributed by atoms with E-state index in [0.29, 0.717) is 0 Å². The number of thiazole rings is 1. The van der Waals surface area contributed by atoms with Gasteiger partial charge in [0.1, 0.15) is 0 Å². The number of hydrogen-bond acceptors (Lipinski definition) is 4. The van der Waals surface area contributed by atoms with E-state index in [1.165, 1.54) is 4.70 Å². The zero-order valence-corrected chi connectivity index (χ0v) is 10.2. The van der Waals surface area contributed by atoms with Crippen LogP contribution in [0, 0.1) is 0 Å². The summed E-state index contributed by atoms with van der Waals surface area (Å²) in [6.07, 6.45) is 3.46. The molecular formula is C13H12N2OS. The minimum absolute atomic E-state index is 0.235. The predicted octanol–water partition coefficient (Wildman–Crippen LogP) is 4.06. The number of benzene rings is 1. The minimum atomic E-state index is 0.235. The predicted molar refractivity (Wildman–Crippen MR) is 70.4 cm³/mol. The van der Waals surface area contributed by atoms with Crippen molar-refractivity contribution in [3.05, 3.63) is 47.9 Å². The van der Waals surface area contributed by atoms with Gasteiger partial charge >= 0.3 is 0 Å². The van der Waals surface area contributed by atoms with E-state index in [1.807, 2.05) is 17.6 Å². The number of nitrogens with zero attached hydrogens (tertiary/aromatic N) is 1. The van der Waals surface area contributed by atoms with Gasteiger partial charge in [0.15, 0.2) is 0 Å². The molecule has 1 aromatic carbocycles. The fraction of sp³-hybridized carbons (Fsp3) is 0.154. The summed E-state index contributed by atoms with van der Waals surface area (Å²) in [4.78, 5) is 4.26. The third-order valence-electron chi connectivity index (χ3n) is 2.76. The molecule has 1 unspecified atom stereocenters. The summed E-state index contributed by atoms with van der Waals surface area (Å²) in [5.41, 5.74) is 5.18. The standard InChI is InChI=1S/C13H12N2OS/c1-9(10-4-5-16-7-10)15-11-2-3-12-13(6-11)17-8-14-12/h2-9,15H,1H3. The molecule has 0 amide bonds. The molecule has 3 aromatic rings. The highest BCUT2D eigenvalue weighted by atomic mass is 32.1. The van der Waals surface area contributed by atoms with Crippen LogP contribution in [0.15, 0.2) is 46.7 Å². The Morgan fingerprint density at radius 1 is 1.35 bits per heavy atom. The summed E-state index contributed by atoms with van der Waals surface area (Å²) in [5.74, 6) is 0. The average Bonchev–Trinajstić information content (AvgIpc) is 2.99. The van der Waals surface area contributed by atoms with Crippen LogP contribution in [0.1, 0.15) is 18.5 Å². The molecule has 1 atom stereocenters.